The van der Waals surface area contributed by atoms with E-state index in [9.17, 15) is 9.90 Å². The first kappa shape index (κ1) is 15.3. The van der Waals surface area contributed by atoms with E-state index in [1.165, 1.54) is 12.8 Å². The zero-order valence-corrected chi connectivity index (χ0v) is 13.1. The molecule has 2 rings (SSSR count). The molecule has 0 radical (unpaired) electrons. The minimum absolute atomic E-state index is 0.397. The maximum Gasteiger partial charge on any atom is 0.312 e. The molecule has 1 aliphatic rings. The fraction of sp³-hybridized carbons (Fsp3) is 0.733. The molecule has 1 atom stereocenters. The van der Waals surface area contributed by atoms with Gasteiger partial charge in [0.15, 0.2) is 5.13 Å². The van der Waals surface area contributed by atoms with Gasteiger partial charge in [-0.3, -0.25) is 4.79 Å². The number of carboxylic acid groups (broad SMARTS) is 1. The molecule has 1 heterocycles. The van der Waals surface area contributed by atoms with Crippen LogP contribution in [0.1, 0.15) is 62.4 Å². The number of thiazole rings is 1. The number of aryl methyl sites for hydroxylation is 1. The highest BCUT2D eigenvalue weighted by molar-refractivity contribution is 7.15. The second-order valence-corrected chi connectivity index (χ2v) is 7.01. The summed E-state index contributed by atoms with van der Waals surface area (Å²) < 4.78 is 0. The lowest BCUT2D eigenvalue weighted by atomic mass is 9.91. The molecule has 0 bridgehead atoms. The van der Waals surface area contributed by atoms with Gasteiger partial charge in [-0.2, -0.15) is 0 Å². The summed E-state index contributed by atoms with van der Waals surface area (Å²) in [6, 6.07) is 0. The summed E-state index contributed by atoms with van der Waals surface area (Å²) in [5.74, 6) is -0.371. The molecule has 0 spiro atoms. The molecule has 1 aliphatic carbocycles. The minimum Gasteiger partial charge on any atom is -0.481 e. The standard InChI is InChI=1S/C15H24N2O2S/c1-10(2)6-3-4-9-16-15-17-13-11(14(18)19)7-5-8-12(13)20-15/h10-11H,3-9H2,1-2H3,(H,16,17)(H,18,19). The van der Waals surface area contributed by atoms with Crippen molar-refractivity contribution >= 4 is 22.4 Å². The molecule has 1 aromatic heterocycles. The third-order valence-corrected chi connectivity index (χ3v) is 4.83. The fourth-order valence-electron chi connectivity index (χ4n) is 2.61. The van der Waals surface area contributed by atoms with Crippen molar-refractivity contribution in [2.75, 3.05) is 11.9 Å². The Bertz CT molecular complexity index is 457. The highest BCUT2D eigenvalue weighted by atomic mass is 32.1. The van der Waals surface area contributed by atoms with Crippen LogP contribution >= 0.6 is 11.3 Å². The summed E-state index contributed by atoms with van der Waals surface area (Å²) >= 11 is 1.64. The van der Waals surface area contributed by atoms with Crippen molar-refractivity contribution in [3.8, 4) is 0 Å². The number of aliphatic carboxylic acids is 1. The van der Waals surface area contributed by atoms with Crippen LogP contribution in [0.3, 0.4) is 0 Å². The molecule has 1 unspecified atom stereocenters. The number of hydrogen-bond donors (Lipinski definition) is 2. The SMILES string of the molecule is CC(C)CCCCNc1nc2c(s1)CCCC2C(=O)O. The molecule has 5 heteroatoms. The molecule has 0 amide bonds. The first-order valence-electron chi connectivity index (χ1n) is 7.54. The second-order valence-electron chi connectivity index (χ2n) is 5.93. The summed E-state index contributed by atoms with van der Waals surface area (Å²) in [4.78, 5) is 16.9. The van der Waals surface area contributed by atoms with Crippen molar-refractivity contribution in [3.63, 3.8) is 0 Å². The van der Waals surface area contributed by atoms with E-state index in [0.717, 1.165) is 53.8 Å². The van der Waals surface area contributed by atoms with Crippen molar-refractivity contribution in [2.45, 2.75) is 58.3 Å². The third-order valence-electron chi connectivity index (χ3n) is 3.74. The highest BCUT2D eigenvalue weighted by Gasteiger charge is 2.29. The van der Waals surface area contributed by atoms with Gasteiger partial charge in [0.2, 0.25) is 0 Å². The normalized spacial score (nSPS) is 18.1. The number of rotatable bonds is 7. The van der Waals surface area contributed by atoms with Crippen LogP contribution in [0.4, 0.5) is 5.13 Å². The van der Waals surface area contributed by atoms with Crippen molar-refractivity contribution in [3.05, 3.63) is 10.6 Å². The topological polar surface area (TPSA) is 62.2 Å². The van der Waals surface area contributed by atoms with Gasteiger partial charge in [0.25, 0.3) is 0 Å². The van der Waals surface area contributed by atoms with E-state index in [0.29, 0.717) is 0 Å². The molecule has 2 N–H and O–H groups in total. The van der Waals surface area contributed by atoms with Gasteiger partial charge in [0.1, 0.15) is 5.92 Å². The van der Waals surface area contributed by atoms with E-state index in [1.807, 2.05) is 0 Å². The van der Waals surface area contributed by atoms with Crippen LogP contribution in [-0.4, -0.2) is 22.6 Å². The zero-order chi connectivity index (χ0) is 14.5. The van der Waals surface area contributed by atoms with Crippen LogP contribution in [-0.2, 0) is 11.2 Å². The monoisotopic (exact) mass is 296 g/mol. The lowest BCUT2D eigenvalue weighted by Gasteiger charge is -2.16. The molecule has 0 fully saturated rings. The lowest BCUT2D eigenvalue weighted by Crippen LogP contribution is -2.17. The van der Waals surface area contributed by atoms with Crippen LogP contribution in [0.2, 0.25) is 0 Å². The van der Waals surface area contributed by atoms with E-state index >= 15 is 0 Å². The molecule has 0 aromatic carbocycles. The lowest BCUT2D eigenvalue weighted by molar-refractivity contribution is -0.139. The van der Waals surface area contributed by atoms with Crippen molar-refractivity contribution in [1.29, 1.82) is 0 Å². The number of anilines is 1. The van der Waals surface area contributed by atoms with Crippen LogP contribution in [0, 0.1) is 5.92 Å². The summed E-state index contributed by atoms with van der Waals surface area (Å²) in [6.07, 6.45) is 6.29. The first-order chi connectivity index (χ1) is 9.58. The van der Waals surface area contributed by atoms with Crippen LogP contribution in [0.15, 0.2) is 0 Å². The maximum absolute atomic E-state index is 11.2. The molecular formula is C15H24N2O2S. The molecule has 0 aliphatic heterocycles. The Morgan fingerprint density at radius 2 is 2.30 bits per heavy atom. The maximum atomic E-state index is 11.2. The van der Waals surface area contributed by atoms with Gasteiger partial charge in [0, 0.05) is 11.4 Å². The van der Waals surface area contributed by atoms with Crippen LogP contribution in [0.5, 0.6) is 0 Å². The summed E-state index contributed by atoms with van der Waals surface area (Å²) in [7, 11) is 0. The Morgan fingerprint density at radius 3 is 3.00 bits per heavy atom. The molecule has 4 nitrogen and oxygen atoms in total. The molecule has 112 valence electrons. The molecular weight excluding hydrogens is 272 g/mol. The van der Waals surface area contributed by atoms with Gasteiger partial charge in [0.05, 0.1) is 5.69 Å². The smallest absolute Gasteiger partial charge is 0.312 e. The minimum atomic E-state index is -0.736. The summed E-state index contributed by atoms with van der Waals surface area (Å²) in [5, 5.41) is 13.5. The van der Waals surface area contributed by atoms with Crippen molar-refractivity contribution < 1.29 is 9.90 Å². The number of unbranched alkanes of at least 4 members (excludes halogenated alkanes) is 1. The zero-order valence-electron chi connectivity index (χ0n) is 12.3. The number of aromatic nitrogens is 1. The van der Waals surface area contributed by atoms with Crippen molar-refractivity contribution in [2.24, 2.45) is 5.92 Å². The third kappa shape index (κ3) is 3.95. The first-order valence-corrected chi connectivity index (χ1v) is 8.36. The van der Waals surface area contributed by atoms with Gasteiger partial charge in [-0.05, 0) is 31.6 Å². The average molecular weight is 296 g/mol. The van der Waals surface area contributed by atoms with Crippen molar-refractivity contribution in [1.82, 2.24) is 4.98 Å². The Labute approximate surface area is 124 Å². The Balaban J connectivity index is 1.86. The van der Waals surface area contributed by atoms with E-state index in [4.69, 9.17) is 0 Å². The number of carbonyl (C=O) groups is 1. The van der Waals surface area contributed by atoms with Gasteiger partial charge in [-0.1, -0.05) is 26.7 Å². The van der Waals surface area contributed by atoms with Gasteiger partial charge < -0.3 is 10.4 Å². The highest BCUT2D eigenvalue weighted by Crippen LogP contribution is 2.36. The van der Waals surface area contributed by atoms with E-state index < -0.39 is 11.9 Å². The second kappa shape index (κ2) is 7.07. The molecule has 0 saturated heterocycles. The Kier molecular flexibility index (Phi) is 5.40. The molecule has 0 saturated carbocycles. The molecule has 20 heavy (non-hydrogen) atoms. The van der Waals surface area contributed by atoms with Gasteiger partial charge in [-0.15, -0.1) is 11.3 Å². The Hall–Kier alpha value is -1.10. The van der Waals surface area contributed by atoms with Crippen LogP contribution in [0.25, 0.3) is 0 Å². The Morgan fingerprint density at radius 1 is 1.50 bits per heavy atom. The fourth-order valence-corrected chi connectivity index (χ4v) is 3.70. The number of nitrogens with one attached hydrogen (secondary N) is 1. The number of nitrogens with zero attached hydrogens (tertiary/aromatic N) is 1. The van der Waals surface area contributed by atoms with E-state index in [2.05, 4.69) is 24.1 Å². The van der Waals surface area contributed by atoms with Gasteiger partial charge in [-0.25, -0.2) is 4.98 Å². The number of carboxylic acids is 1. The van der Waals surface area contributed by atoms with E-state index in [-0.39, 0.29) is 0 Å². The molecule has 1 aromatic rings. The summed E-state index contributed by atoms with van der Waals surface area (Å²) in [5.41, 5.74) is 0.804. The van der Waals surface area contributed by atoms with Crippen LogP contribution < -0.4 is 5.32 Å². The van der Waals surface area contributed by atoms with E-state index in [1.54, 1.807) is 11.3 Å². The predicted molar refractivity (Wildman–Crippen MR) is 82.6 cm³/mol. The number of hydrogen-bond acceptors (Lipinski definition) is 4. The summed E-state index contributed by atoms with van der Waals surface area (Å²) in [6.45, 7) is 5.42. The predicted octanol–water partition coefficient (Wildman–Crippen LogP) is 3.89. The average Bonchev–Trinajstić information content (AvgIpc) is 2.80. The van der Waals surface area contributed by atoms with Gasteiger partial charge >= 0.3 is 5.97 Å². The number of fused-ring (bicyclic) bond motifs is 1. The largest absolute Gasteiger partial charge is 0.481 e. The quantitative estimate of drug-likeness (QED) is 0.749.